The lowest BCUT2D eigenvalue weighted by Gasteiger charge is -2.20. The van der Waals surface area contributed by atoms with Gasteiger partial charge in [0.1, 0.15) is 18.5 Å². The molecule has 0 spiro atoms. The molecular weight excluding hydrogens is 822 g/mol. The van der Waals surface area contributed by atoms with Gasteiger partial charge in [-0.3, -0.25) is 28.0 Å². The minimum absolute atomic E-state index is 0.0494. The highest BCUT2D eigenvalue weighted by Gasteiger charge is 2.39. The van der Waals surface area contributed by atoms with E-state index in [9.17, 15) is 43.7 Å². The molecule has 0 heterocycles. The van der Waals surface area contributed by atoms with Crippen LogP contribution in [-0.4, -0.2) is 98.6 Å². The normalized spacial score (nSPS) is 19.9. The van der Waals surface area contributed by atoms with Gasteiger partial charge in [-0.05, 0) is 38.0 Å². The molecule has 1 unspecified atom stereocenters. The molecule has 1 aliphatic rings. The standard InChI is InChI=1S/C42H76O16P2/c1-4-5-16-22-34(43)26-27-38-37(39(45)28-40(38)46)23-18-14-15-20-25-42(48)58-36(32-57-60(52,53)56-30-35(44)29-55-59(49,50)51)31-54-41(47)24-19-13-11-9-7-6-8-10-12-17-21-33(2)3/h14,18,26-27,33-38,40,43-44,46H,4-13,15-17,19-25,28-32H2,1-3H3,(H,52,53)(H2,49,50,51)/b18-14-,27-26+/t34-,35-,36+,37+,38+,40+/m0/s1. The lowest BCUT2D eigenvalue weighted by atomic mass is 9.90. The zero-order valence-corrected chi connectivity index (χ0v) is 38.0. The van der Waals surface area contributed by atoms with Crippen LogP contribution in [0, 0.1) is 17.8 Å². The predicted molar refractivity (Wildman–Crippen MR) is 226 cm³/mol. The number of aliphatic hydroxyl groups is 3. The van der Waals surface area contributed by atoms with Gasteiger partial charge in [-0.25, -0.2) is 9.13 Å². The molecule has 60 heavy (non-hydrogen) atoms. The van der Waals surface area contributed by atoms with E-state index < -0.39 is 90.3 Å². The van der Waals surface area contributed by atoms with Gasteiger partial charge in [0, 0.05) is 31.1 Å². The van der Waals surface area contributed by atoms with Crippen molar-refractivity contribution >= 4 is 33.4 Å². The molecular formula is C42H76O16P2. The van der Waals surface area contributed by atoms with Crippen LogP contribution in [0.15, 0.2) is 24.3 Å². The Hall–Kier alpha value is -1.81. The fraction of sp³-hybridized carbons (Fsp3) is 0.833. The van der Waals surface area contributed by atoms with E-state index >= 15 is 0 Å². The van der Waals surface area contributed by atoms with Gasteiger partial charge in [0.25, 0.3) is 0 Å². The lowest BCUT2D eigenvalue weighted by Crippen LogP contribution is -2.29. The van der Waals surface area contributed by atoms with Gasteiger partial charge in [0.15, 0.2) is 6.10 Å². The molecule has 0 saturated heterocycles. The van der Waals surface area contributed by atoms with E-state index in [1.807, 2.05) is 12.2 Å². The van der Waals surface area contributed by atoms with E-state index in [1.54, 1.807) is 12.2 Å². The number of esters is 2. The summed E-state index contributed by atoms with van der Waals surface area (Å²) in [6, 6.07) is 0. The first kappa shape index (κ1) is 56.2. The molecule has 1 aliphatic carbocycles. The van der Waals surface area contributed by atoms with Crippen LogP contribution in [0.1, 0.15) is 156 Å². The summed E-state index contributed by atoms with van der Waals surface area (Å²) < 4.78 is 47.7. The van der Waals surface area contributed by atoms with Crippen LogP contribution in [0.25, 0.3) is 0 Å². The Morgan fingerprint density at radius 3 is 1.97 bits per heavy atom. The Bertz CT molecular complexity index is 1330. The van der Waals surface area contributed by atoms with E-state index in [2.05, 4.69) is 29.8 Å². The monoisotopic (exact) mass is 898 g/mol. The van der Waals surface area contributed by atoms with Gasteiger partial charge < -0.3 is 39.5 Å². The highest BCUT2D eigenvalue weighted by Crippen LogP contribution is 2.44. The molecule has 0 aliphatic heterocycles. The van der Waals surface area contributed by atoms with Crippen LogP contribution < -0.4 is 0 Å². The number of allylic oxidation sites excluding steroid dienone is 2. The minimum atomic E-state index is -4.90. The maximum absolute atomic E-state index is 12.8. The van der Waals surface area contributed by atoms with Crippen LogP contribution in [-0.2, 0) is 46.6 Å². The third kappa shape index (κ3) is 30.3. The highest BCUT2D eigenvalue weighted by atomic mass is 31.2. The number of carbonyl (C=O) groups excluding carboxylic acids is 3. The Morgan fingerprint density at radius 1 is 0.750 bits per heavy atom. The van der Waals surface area contributed by atoms with Crippen LogP contribution in [0.3, 0.4) is 0 Å². The largest absolute Gasteiger partial charge is 0.472 e. The van der Waals surface area contributed by atoms with Crippen molar-refractivity contribution in [2.45, 2.75) is 180 Å². The van der Waals surface area contributed by atoms with Gasteiger partial charge in [-0.1, -0.05) is 129 Å². The number of unbranched alkanes of at least 4 members (excludes halogenated alkanes) is 12. The van der Waals surface area contributed by atoms with Crippen LogP contribution in [0.4, 0.5) is 0 Å². The first-order valence-electron chi connectivity index (χ1n) is 22.0. The zero-order chi connectivity index (χ0) is 44.8. The maximum atomic E-state index is 12.8. The Balaban J connectivity index is 2.59. The number of Topliss-reactive ketones (excluding diaryl/α,β-unsaturated/α-hetero) is 1. The first-order chi connectivity index (χ1) is 28.4. The van der Waals surface area contributed by atoms with Crippen LogP contribution >= 0.6 is 15.6 Å². The molecule has 16 nitrogen and oxygen atoms in total. The van der Waals surface area contributed by atoms with Crippen molar-refractivity contribution in [3.05, 3.63) is 24.3 Å². The van der Waals surface area contributed by atoms with Gasteiger partial charge in [-0.2, -0.15) is 0 Å². The number of hydrogen-bond acceptors (Lipinski definition) is 13. The summed E-state index contributed by atoms with van der Waals surface area (Å²) in [7, 11) is -9.78. The second kappa shape index (κ2) is 32.8. The van der Waals surface area contributed by atoms with E-state index in [0.29, 0.717) is 32.1 Å². The van der Waals surface area contributed by atoms with Crippen molar-refractivity contribution in [1.29, 1.82) is 0 Å². The first-order valence-corrected chi connectivity index (χ1v) is 25.0. The van der Waals surface area contributed by atoms with E-state index in [-0.39, 0.29) is 25.0 Å². The number of ketones is 1. The summed E-state index contributed by atoms with van der Waals surface area (Å²) in [6.07, 6.45) is 19.8. The average molecular weight is 899 g/mol. The van der Waals surface area contributed by atoms with E-state index in [0.717, 1.165) is 50.9 Å². The maximum Gasteiger partial charge on any atom is 0.472 e. The van der Waals surface area contributed by atoms with E-state index in [4.69, 9.17) is 23.8 Å². The smallest absolute Gasteiger partial charge is 0.462 e. The molecule has 0 aromatic heterocycles. The lowest BCUT2D eigenvalue weighted by molar-refractivity contribution is -0.161. The van der Waals surface area contributed by atoms with Gasteiger partial charge in [-0.15, -0.1) is 0 Å². The number of phosphoric acid groups is 2. The third-order valence-corrected chi connectivity index (χ3v) is 11.6. The molecule has 0 bridgehead atoms. The van der Waals surface area contributed by atoms with Crippen molar-refractivity contribution in [1.82, 2.24) is 0 Å². The number of aliphatic hydroxyl groups excluding tert-OH is 3. The van der Waals surface area contributed by atoms with Crippen molar-refractivity contribution < 1.29 is 76.6 Å². The summed E-state index contributed by atoms with van der Waals surface area (Å²) in [6.45, 7) is 3.63. The Labute approximate surface area is 357 Å². The van der Waals surface area contributed by atoms with Gasteiger partial charge in [0.2, 0.25) is 0 Å². The molecule has 1 fully saturated rings. The van der Waals surface area contributed by atoms with Crippen LogP contribution in [0.2, 0.25) is 0 Å². The van der Waals surface area contributed by atoms with E-state index in [1.165, 1.54) is 38.5 Å². The molecule has 0 amide bonds. The fourth-order valence-corrected chi connectivity index (χ4v) is 7.85. The quantitative estimate of drug-likeness (QED) is 0.0152. The average Bonchev–Trinajstić information content (AvgIpc) is 3.45. The number of carbonyl (C=O) groups is 3. The highest BCUT2D eigenvalue weighted by molar-refractivity contribution is 7.47. The van der Waals surface area contributed by atoms with Crippen molar-refractivity contribution in [2.75, 3.05) is 26.4 Å². The van der Waals surface area contributed by atoms with Crippen LogP contribution in [0.5, 0.6) is 0 Å². The van der Waals surface area contributed by atoms with Crippen molar-refractivity contribution in [3.63, 3.8) is 0 Å². The number of phosphoric ester groups is 2. The minimum Gasteiger partial charge on any atom is -0.462 e. The van der Waals surface area contributed by atoms with Gasteiger partial charge >= 0.3 is 27.6 Å². The third-order valence-electron chi connectivity index (χ3n) is 10.1. The molecule has 0 aromatic rings. The van der Waals surface area contributed by atoms with Crippen molar-refractivity contribution in [3.8, 4) is 0 Å². The Morgan fingerprint density at radius 2 is 1.33 bits per heavy atom. The predicted octanol–water partition coefficient (Wildman–Crippen LogP) is 7.56. The topological polar surface area (TPSA) is 253 Å². The summed E-state index contributed by atoms with van der Waals surface area (Å²) in [5.74, 6) is -1.34. The zero-order valence-electron chi connectivity index (χ0n) is 36.2. The number of rotatable bonds is 37. The second-order valence-corrected chi connectivity index (χ2v) is 18.9. The number of hydrogen-bond donors (Lipinski definition) is 6. The molecule has 0 aromatic carbocycles. The SMILES string of the molecule is CCCCC[C@H](O)/C=C/[C@H]1[C@H](O)CC(=O)[C@@H]1C/C=C\CCCC(=O)O[C@H](COC(=O)CCCCCCCCCCCCC(C)C)COP(=O)(O)OC[C@@H](O)COP(=O)(O)O. The fourth-order valence-electron chi connectivity index (χ4n) is 6.69. The summed E-state index contributed by atoms with van der Waals surface area (Å²) in [4.78, 5) is 65.4. The summed E-state index contributed by atoms with van der Waals surface area (Å²) >= 11 is 0. The molecule has 1 saturated carbocycles. The molecule has 0 radical (unpaired) electrons. The summed E-state index contributed by atoms with van der Waals surface area (Å²) in [5, 5.41) is 30.5. The molecule has 18 heteroatoms. The number of ether oxygens (including phenoxy) is 2. The molecule has 350 valence electrons. The van der Waals surface area contributed by atoms with Crippen molar-refractivity contribution in [2.24, 2.45) is 17.8 Å². The Kier molecular flexibility index (Phi) is 30.7. The molecule has 6 N–H and O–H groups in total. The van der Waals surface area contributed by atoms with Gasteiger partial charge in [0.05, 0.1) is 32.0 Å². The molecule has 1 rings (SSSR count). The second-order valence-electron chi connectivity index (χ2n) is 16.2. The summed E-state index contributed by atoms with van der Waals surface area (Å²) in [5.41, 5.74) is 0. The molecule has 7 atom stereocenters.